The number of carbonyl (C=O) groups excluding carboxylic acids is 2. The Labute approximate surface area is 191 Å². The first-order valence-electron chi connectivity index (χ1n) is 12.5. The van der Waals surface area contributed by atoms with E-state index in [4.69, 9.17) is 4.74 Å². The maximum Gasteiger partial charge on any atom is 0.305 e. The molecule has 30 heavy (non-hydrogen) atoms. The zero-order valence-corrected chi connectivity index (χ0v) is 21.0. The molecule has 0 N–H and O–H groups in total. The normalized spacial score (nSPS) is 46.5. The molecule has 0 aromatic rings. The van der Waals surface area contributed by atoms with Crippen LogP contribution in [0.1, 0.15) is 91.9 Å². The Hall–Kier alpha value is -0.380. The highest BCUT2D eigenvalue weighted by atomic mass is 79.9. The molecule has 5 unspecified atom stereocenters. The lowest BCUT2D eigenvalue weighted by atomic mass is 9.44. The van der Waals surface area contributed by atoms with Gasteiger partial charge in [-0.25, -0.2) is 0 Å². The summed E-state index contributed by atoms with van der Waals surface area (Å²) in [5, 5.41) is 0. The molecule has 0 amide bonds. The van der Waals surface area contributed by atoms with Gasteiger partial charge in [-0.3, -0.25) is 9.59 Å². The van der Waals surface area contributed by atoms with Gasteiger partial charge in [-0.1, -0.05) is 36.7 Å². The SMILES string of the molecule is CCOC(=O)CC[C@@H](C)C1CCC2C3CC[C@@H]4C(Br)C(=O)CC[C@]4(C)C3CC[C@@]21C. The summed E-state index contributed by atoms with van der Waals surface area (Å²) < 4.78 is 5.17. The minimum absolute atomic E-state index is 0.0322. The quantitative estimate of drug-likeness (QED) is 0.330. The molecule has 0 spiro atoms. The topological polar surface area (TPSA) is 43.4 Å². The summed E-state index contributed by atoms with van der Waals surface area (Å²) >= 11 is 3.80. The predicted octanol–water partition coefficient (Wildman–Crippen LogP) is 6.57. The maximum absolute atomic E-state index is 12.4. The van der Waals surface area contributed by atoms with Crippen molar-refractivity contribution in [3.05, 3.63) is 0 Å². The van der Waals surface area contributed by atoms with Crippen LogP contribution in [0.2, 0.25) is 0 Å². The lowest BCUT2D eigenvalue weighted by molar-refractivity contribution is -0.143. The molecular formula is C26H41BrO3. The van der Waals surface area contributed by atoms with Gasteiger partial charge in [0.25, 0.3) is 0 Å². The third-order valence-electron chi connectivity index (χ3n) is 10.4. The molecule has 0 aromatic heterocycles. The van der Waals surface area contributed by atoms with Gasteiger partial charge in [-0.15, -0.1) is 0 Å². The second-order valence-electron chi connectivity index (χ2n) is 11.5. The number of halogens is 1. The fraction of sp³-hybridized carbons (Fsp3) is 0.923. The number of alkyl halides is 1. The van der Waals surface area contributed by atoms with E-state index in [0.717, 1.165) is 42.9 Å². The van der Waals surface area contributed by atoms with E-state index in [0.29, 0.717) is 41.5 Å². The van der Waals surface area contributed by atoms with Gasteiger partial charge in [0, 0.05) is 12.8 Å². The summed E-state index contributed by atoms with van der Waals surface area (Å²) in [7, 11) is 0. The van der Waals surface area contributed by atoms with E-state index in [-0.39, 0.29) is 10.8 Å². The van der Waals surface area contributed by atoms with Crippen molar-refractivity contribution < 1.29 is 14.3 Å². The number of Topliss-reactive ketones (excluding diaryl/α,β-unsaturated/α-hetero) is 1. The van der Waals surface area contributed by atoms with Crippen molar-refractivity contribution in [3.63, 3.8) is 0 Å². The van der Waals surface area contributed by atoms with Crippen LogP contribution in [-0.2, 0) is 14.3 Å². The highest BCUT2D eigenvalue weighted by Crippen LogP contribution is 2.68. The first kappa shape index (κ1) is 22.8. The van der Waals surface area contributed by atoms with Crippen molar-refractivity contribution in [1.29, 1.82) is 0 Å². The molecule has 0 radical (unpaired) electrons. The highest BCUT2D eigenvalue weighted by molar-refractivity contribution is 9.10. The monoisotopic (exact) mass is 480 g/mol. The molecule has 4 aliphatic carbocycles. The maximum atomic E-state index is 12.4. The van der Waals surface area contributed by atoms with Crippen molar-refractivity contribution in [2.45, 2.75) is 96.7 Å². The molecule has 4 heteroatoms. The van der Waals surface area contributed by atoms with E-state index < -0.39 is 0 Å². The Morgan fingerprint density at radius 1 is 1.07 bits per heavy atom. The van der Waals surface area contributed by atoms with Crippen LogP contribution in [0.25, 0.3) is 0 Å². The summed E-state index contributed by atoms with van der Waals surface area (Å²) in [5.74, 6) is 4.72. The van der Waals surface area contributed by atoms with Gasteiger partial charge >= 0.3 is 5.97 Å². The number of fused-ring (bicyclic) bond motifs is 5. The molecule has 4 fully saturated rings. The number of carbonyl (C=O) groups is 2. The fourth-order valence-electron chi connectivity index (χ4n) is 8.85. The van der Waals surface area contributed by atoms with Gasteiger partial charge in [-0.05, 0) is 105 Å². The van der Waals surface area contributed by atoms with Crippen LogP contribution in [0, 0.1) is 46.3 Å². The number of hydrogen-bond acceptors (Lipinski definition) is 3. The minimum Gasteiger partial charge on any atom is -0.466 e. The van der Waals surface area contributed by atoms with Crippen molar-refractivity contribution >= 4 is 27.7 Å². The molecule has 0 aliphatic heterocycles. The number of rotatable bonds is 5. The van der Waals surface area contributed by atoms with Gasteiger partial charge in [0.15, 0.2) is 0 Å². The third kappa shape index (κ3) is 3.61. The Kier molecular flexibility index (Phi) is 6.48. The van der Waals surface area contributed by atoms with Gasteiger partial charge < -0.3 is 4.74 Å². The predicted molar refractivity (Wildman–Crippen MR) is 123 cm³/mol. The van der Waals surface area contributed by atoms with Crippen LogP contribution in [0.4, 0.5) is 0 Å². The molecule has 0 heterocycles. The molecule has 9 atom stereocenters. The molecule has 4 aliphatic rings. The Bertz CT molecular complexity index is 677. The summed E-state index contributed by atoms with van der Waals surface area (Å²) in [6.45, 7) is 9.85. The molecular weight excluding hydrogens is 440 g/mol. The molecule has 170 valence electrons. The van der Waals surface area contributed by atoms with Crippen LogP contribution in [-0.4, -0.2) is 23.2 Å². The van der Waals surface area contributed by atoms with Crippen molar-refractivity contribution in [2.75, 3.05) is 6.61 Å². The van der Waals surface area contributed by atoms with Gasteiger partial charge in [0.2, 0.25) is 0 Å². The van der Waals surface area contributed by atoms with E-state index >= 15 is 0 Å². The Morgan fingerprint density at radius 3 is 2.50 bits per heavy atom. The van der Waals surface area contributed by atoms with Crippen LogP contribution in [0.5, 0.6) is 0 Å². The minimum atomic E-state index is -0.0322. The molecule has 4 rings (SSSR count). The first-order chi connectivity index (χ1) is 14.2. The van der Waals surface area contributed by atoms with Crippen LogP contribution in [0.15, 0.2) is 0 Å². The third-order valence-corrected chi connectivity index (χ3v) is 11.5. The van der Waals surface area contributed by atoms with E-state index in [9.17, 15) is 9.59 Å². The van der Waals surface area contributed by atoms with Gasteiger partial charge in [0.05, 0.1) is 11.4 Å². The van der Waals surface area contributed by atoms with E-state index in [1.807, 2.05) is 6.92 Å². The molecule has 0 bridgehead atoms. The summed E-state index contributed by atoms with van der Waals surface area (Å²) in [4.78, 5) is 24.3. The lowest BCUT2D eigenvalue weighted by Gasteiger charge is -2.61. The van der Waals surface area contributed by atoms with E-state index in [1.54, 1.807) is 0 Å². The van der Waals surface area contributed by atoms with Crippen molar-refractivity contribution in [2.24, 2.45) is 46.3 Å². The average molecular weight is 482 g/mol. The smallest absolute Gasteiger partial charge is 0.305 e. The second kappa shape index (κ2) is 8.52. The number of ether oxygens (including phenoxy) is 1. The second-order valence-corrected chi connectivity index (χ2v) is 12.5. The molecule has 0 aromatic carbocycles. The summed E-state index contributed by atoms with van der Waals surface area (Å²) in [6, 6.07) is 0. The largest absolute Gasteiger partial charge is 0.466 e. The summed E-state index contributed by atoms with van der Waals surface area (Å²) in [5.41, 5.74) is 0.761. The van der Waals surface area contributed by atoms with Gasteiger partial charge in [0.1, 0.15) is 5.78 Å². The number of ketones is 1. The molecule has 3 nitrogen and oxygen atoms in total. The first-order valence-corrected chi connectivity index (χ1v) is 13.5. The zero-order chi connectivity index (χ0) is 21.7. The number of hydrogen-bond donors (Lipinski definition) is 0. The number of esters is 1. The highest BCUT2D eigenvalue weighted by Gasteiger charge is 2.61. The standard InChI is InChI=1S/C26H41BrO3/c1-5-30-23(29)11-6-16(2)18-9-10-19-17-7-8-21-24(27)22(28)13-15-26(21,4)20(17)12-14-25(18,19)3/h16-21,24H,5-15H2,1-4H3/t16-,17?,18?,19?,20?,21-,24?,25-,26-/m1/s1. The lowest BCUT2D eigenvalue weighted by Crippen LogP contribution is -2.56. The van der Waals surface area contributed by atoms with Crippen LogP contribution < -0.4 is 0 Å². The molecule has 0 saturated heterocycles. The molecule has 4 saturated carbocycles. The average Bonchev–Trinajstić information content (AvgIpc) is 3.07. The Balaban J connectivity index is 1.47. The Morgan fingerprint density at radius 2 is 1.77 bits per heavy atom. The van der Waals surface area contributed by atoms with Crippen LogP contribution >= 0.6 is 15.9 Å². The van der Waals surface area contributed by atoms with Crippen molar-refractivity contribution in [3.8, 4) is 0 Å². The zero-order valence-electron chi connectivity index (χ0n) is 19.4. The van der Waals surface area contributed by atoms with Crippen LogP contribution in [0.3, 0.4) is 0 Å². The van der Waals surface area contributed by atoms with Crippen molar-refractivity contribution in [1.82, 2.24) is 0 Å². The fourth-order valence-corrected chi connectivity index (χ4v) is 9.94. The van der Waals surface area contributed by atoms with E-state index in [2.05, 4.69) is 36.7 Å². The summed E-state index contributed by atoms with van der Waals surface area (Å²) in [6.07, 6.45) is 11.3. The van der Waals surface area contributed by atoms with E-state index in [1.165, 1.54) is 38.5 Å². The van der Waals surface area contributed by atoms with Gasteiger partial charge in [-0.2, -0.15) is 0 Å².